The van der Waals surface area contributed by atoms with E-state index in [1.54, 1.807) is 13.0 Å². The van der Waals surface area contributed by atoms with Crippen molar-refractivity contribution in [3.05, 3.63) is 84.4 Å². The Morgan fingerprint density at radius 3 is 2.27 bits per heavy atom. The highest BCUT2D eigenvalue weighted by Gasteiger charge is 2.24. The molecule has 5 heteroatoms. The zero-order valence-electron chi connectivity index (χ0n) is 17.3. The second kappa shape index (κ2) is 9.74. The lowest BCUT2D eigenvalue weighted by Gasteiger charge is -2.19. The fourth-order valence-electron chi connectivity index (χ4n) is 2.96. The summed E-state index contributed by atoms with van der Waals surface area (Å²) in [5, 5.41) is 2.85. The number of carbonyl (C=O) groups excluding carboxylic acids is 2. The highest BCUT2D eigenvalue weighted by Crippen LogP contribution is 2.27. The quantitative estimate of drug-likeness (QED) is 0.564. The van der Waals surface area contributed by atoms with E-state index in [4.69, 9.17) is 9.47 Å². The summed E-state index contributed by atoms with van der Waals surface area (Å²) < 4.78 is 10.9. The lowest BCUT2D eigenvalue weighted by Crippen LogP contribution is -2.35. The smallest absolute Gasteiger partial charge is 0.347 e. The molecule has 1 amide bonds. The number of rotatable bonds is 7. The number of anilines is 1. The molecule has 0 fully saturated rings. The zero-order chi connectivity index (χ0) is 21.5. The van der Waals surface area contributed by atoms with Crippen LogP contribution >= 0.6 is 0 Å². The Morgan fingerprint density at radius 1 is 0.833 bits per heavy atom. The van der Waals surface area contributed by atoms with Gasteiger partial charge in [0.25, 0.3) is 5.91 Å². The molecule has 0 unspecified atom stereocenters. The molecule has 1 N–H and O–H groups in total. The molecule has 3 aromatic carbocycles. The average molecular weight is 403 g/mol. The monoisotopic (exact) mass is 403 g/mol. The first-order chi connectivity index (χ1) is 14.4. The Kier molecular flexibility index (Phi) is 6.86. The van der Waals surface area contributed by atoms with Crippen molar-refractivity contribution < 1.29 is 19.1 Å². The number of nitrogens with one attached hydrogen (secondary N) is 1. The summed E-state index contributed by atoms with van der Waals surface area (Å²) in [5.41, 5.74) is 3.55. The SMILES string of the molecule is Cc1cccc(O[C@H](C)C(=O)O[C@H](C)C(=O)Nc2ccccc2-c2ccccc2)c1. The predicted molar refractivity (Wildman–Crippen MR) is 117 cm³/mol. The van der Waals surface area contributed by atoms with E-state index in [9.17, 15) is 9.59 Å². The maximum Gasteiger partial charge on any atom is 0.347 e. The Labute approximate surface area is 176 Å². The van der Waals surface area contributed by atoms with Crippen LogP contribution in [0.3, 0.4) is 0 Å². The van der Waals surface area contributed by atoms with Gasteiger partial charge in [0.15, 0.2) is 12.2 Å². The number of hydrogen-bond donors (Lipinski definition) is 1. The molecule has 0 aliphatic carbocycles. The maximum absolute atomic E-state index is 12.6. The van der Waals surface area contributed by atoms with Crippen molar-refractivity contribution in [1.29, 1.82) is 0 Å². The van der Waals surface area contributed by atoms with E-state index in [1.807, 2.05) is 79.7 Å². The molecule has 0 aliphatic rings. The minimum Gasteiger partial charge on any atom is -0.479 e. The van der Waals surface area contributed by atoms with Gasteiger partial charge >= 0.3 is 5.97 Å². The Balaban J connectivity index is 1.62. The number of esters is 1. The van der Waals surface area contributed by atoms with Crippen LogP contribution in [-0.4, -0.2) is 24.1 Å². The summed E-state index contributed by atoms with van der Waals surface area (Å²) in [4.78, 5) is 25.0. The number of carbonyl (C=O) groups is 2. The number of amides is 1. The fraction of sp³-hybridized carbons (Fsp3) is 0.200. The van der Waals surface area contributed by atoms with E-state index in [0.29, 0.717) is 11.4 Å². The van der Waals surface area contributed by atoms with E-state index in [0.717, 1.165) is 16.7 Å². The Bertz CT molecular complexity index is 1020. The van der Waals surface area contributed by atoms with Gasteiger partial charge in [-0.1, -0.05) is 60.7 Å². The van der Waals surface area contributed by atoms with Crippen LogP contribution in [0.1, 0.15) is 19.4 Å². The number of ether oxygens (including phenoxy) is 2. The second-order valence-electron chi connectivity index (χ2n) is 7.06. The Hall–Kier alpha value is -3.60. The molecule has 0 spiro atoms. The van der Waals surface area contributed by atoms with Gasteiger partial charge in [0.05, 0.1) is 0 Å². The van der Waals surface area contributed by atoms with Crippen LogP contribution < -0.4 is 10.1 Å². The zero-order valence-corrected chi connectivity index (χ0v) is 17.3. The molecule has 3 rings (SSSR count). The molecule has 0 radical (unpaired) electrons. The van der Waals surface area contributed by atoms with Crippen LogP contribution in [0.15, 0.2) is 78.9 Å². The van der Waals surface area contributed by atoms with Gasteiger partial charge < -0.3 is 14.8 Å². The van der Waals surface area contributed by atoms with Crippen molar-refractivity contribution in [1.82, 2.24) is 0 Å². The average Bonchev–Trinajstić information content (AvgIpc) is 2.74. The van der Waals surface area contributed by atoms with E-state index in [2.05, 4.69) is 5.32 Å². The minimum absolute atomic E-state index is 0.408. The molecule has 0 saturated heterocycles. The summed E-state index contributed by atoms with van der Waals surface area (Å²) in [7, 11) is 0. The van der Waals surface area contributed by atoms with E-state index in [1.165, 1.54) is 6.92 Å². The minimum atomic E-state index is -0.968. The first-order valence-corrected chi connectivity index (χ1v) is 9.83. The first kappa shape index (κ1) is 21.1. The molecule has 2 atom stereocenters. The van der Waals surface area contributed by atoms with Crippen LogP contribution in [0, 0.1) is 6.92 Å². The van der Waals surface area contributed by atoms with Gasteiger partial charge in [0.2, 0.25) is 0 Å². The Morgan fingerprint density at radius 2 is 1.53 bits per heavy atom. The highest BCUT2D eigenvalue weighted by atomic mass is 16.6. The van der Waals surface area contributed by atoms with Crippen molar-refractivity contribution in [2.45, 2.75) is 33.0 Å². The molecule has 0 saturated carbocycles. The van der Waals surface area contributed by atoms with Gasteiger partial charge in [-0.25, -0.2) is 4.79 Å². The van der Waals surface area contributed by atoms with Gasteiger partial charge in [0, 0.05) is 11.3 Å². The van der Waals surface area contributed by atoms with Crippen molar-refractivity contribution in [3.8, 4) is 16.9 Å². The molecule has 0 aliphatic heterocycles. The molecule has 0 aromatic heterocycles. The normalized spacial score (nSPS) is 12.5. The first-order valence-electron chi connectivity index (χ1n) is 9.83. The lowest BCUT2D eigenvalue weighted by molar-refractivity contribution is -0.159. The third-order valence-electron chi connectivity index (χ3n) is 4.57. The van der Waals surface area contributed by atoms with Crippen molar-refractivity contribution >= 4 is 17.6 Å². The van der Waals surface area contributed by atoms with Crippen LogP contribution in [0.25, 0.3) is 11.1 Å². The number of para-hydroxylation sites is 1. The van der Waals surface area contributed by atoms with E-state index in [-0.39, 0.29) is 0 Å². The second-order valence-corrected chi connectivity index (χ2v) is 7.06. The largest absolute Gasteiger partial charge is 0.479 e. The third-order valence-corrected chi connectivity index (χ3v) is 4.57. The molecular weight excluding hydrogens is 378 g/mol. The summed E-state index contributed by atoms with van der Waals surface area (Å²) in [6, 6.07) is 24.7. The molecular formula is C25H25NO4. The predicted octanol–water partition coefficient (Wildman–Crippen LogP) is 5.00. The molecule has 5 nitrogen and oxygen atoms in total. The van der Waals surface area contributed by atoms with E-state index >= 15 is 0 Å². The highest BCUT2D eigenvalue weighted by molar-refractivity contribution is 5.98. The molecule has 3 aromatic rings. The molecule has 154 valence electrons. The molecule has 0 bridgehead atoms. The van der Waals surface area contributed by atoms with Gasteiger partial charge in [-0.3, -0.25) is 4.79 Å². The number of benzene rings is 3. The van der Waals surface area contributed by atoms with Gasteiger partial charge in [-0.05, 0) is 50.1 Å². The third kappa shape index (κ3) is 5.47. The van der Waals surface area contributed by atoms with Crippen LogP contribution in [0.2, 0.25) is 0 Å². The van der Waals surface area contributed by atoms with Crippen LogP contribution in [0.4, 0.5) is 5.69 Å². The molecule has 30 heavy (non-hydrogen) atoms. The van der Waals surface area contributed by atoms with Crippen LogP contribution in [-0.2, 0) is 14.3 Å². The van der Waals surface area contributed by atoms with Gasteiger partial charge in [0.1, 0.15) is 5.75 Å². The summed E-state index contributed by atoms with van der Waals surface area (Å²) in [6.45, 7) is 5.08. The van der Waals surface area contributed by atoms with Crippen LogP contribution in [0.5, 0.6) is 5.75 Å². The van der Waals surface area contributed by atoms with Gasteiger partial charge in [-0.15, -0.1) is 0 Å². The standard InChI is InChI=1S/C25H25NO4/c1-17-10-9-13-21(16-17)29-19(3)25(28)30-18(2)24(27)26-23-15-8-7-14-22(23)20-11-5-4-6-12-20/h4-16,18-19H,1-3H3,(H,26,27)/t18-,19-/m1/s1. The van der Waals surface area contributed by atoms with Crippen molar-refractivity contribution in [2.24, 2.45) is 0 Å². The fourth-order valence-corrected chi connectivity index (χ4v) is 2.96. The van der Waals surface area contributed by atoms with E-state index < -0.39 is 24.1 Å². The molecule has 0 heterocycles. The maximum atomic E-state index is 12.6. The van der Waals surface area contributed by atoms with Crippen molar-refractivity contribution in [2.75, 3.05) is 5.32 Å². The lowest BCUT2D eigenvalue weighted by atomic mass is 10.0. The van der Waals surface area contributed by atoms with Gasteiger partial charge in [-0.2, -0.15) is 0 Å². The number of aryl methyl sites for hydroxylation is 1. The summed E-state index contributed by atoms with van der Waals surface area (Å²) in [5.74, 6) is -0.432. The number of hydrogen-bond acceptors (Lipinski definition) is 4. The summed E-state index contributed by atoms with van der Waals surface area (Å²) >= 11 is 0. The topological polar surface area (TPSA) is 64.6 Å². The van der Waals surface area contributed by atoms with Crippen molar-refractivity contribution in [3.63, 3.8) is 0 Å². The summed E-state index contributed by atoms with van der Waals surface area (Å²) in [6.07, 6.45) is -1.80.